The highest BCUT2D eigenvalue weighted by Gasteiger charge is 2.19. The highest BCUT2D eigenvalue weighted by atomic mass is 32.1. The van der Waals surface area contributed by atoms with E-state index in [0.29, 0.717) is 0 Å². The van der Waals surface area contributed by atoms with Gasteiger partial charge in [-0.15, -0.1) is 11.3 Å². The van der Waals surface area contributed by atoms with Crippen molar-refractivity contribution in [1.29, 1.82) is 0 Å². The Morgan fingerprint density at radius 3 is 2.44 bits per heavy atom. The molecule has 3 aromatic rings. The minimum absolute atomic E-state index is 0.746. The number of hydrogen-bond donors (Lipinski definition) is 1. The van der Waals surface area contributed by atoms with Gasteiger partial charge in [-0.05, 0) is 43.0 Å². The van der Waals surface area contributed by atoms with E-state index in [0.717, 1.165) is 51.9 Å². The molecule has 0 radical (unpaired) electrons. The molecule has 0 atom stereocenters. The van der Waals surface area contributed by atoms with Gasteiger partial charge >= 0.3 is 0 Å². The molecule has 0 bridgehead atoms. The van der Waals surface area contributed by atoms with Crippen LogP contribution in [0.4, 0.5) is 5.69 Å². The van der Waals surface area contributed by atoms with E-state index in [1.807, 2.05) is 41.9 Å². The van der Waals surface area contributed by atoms with Gasteiger partial charge in [-0.25, -0.2) is 9.98 Å². The lowest BCUT2D eigenvalue weighted by Crippen LogP contribution is -2.26. The van der Waals surface area contributed by atoms with Crippen molar-refractivity contribution < 1.29 is 0 Å². The Labute approximate surface area is 194 Å². The second kappa shape index (κ2) is 9.79. The maximum Gasteiger partial charge on any atom is 0.154 e. The minimum Gasteiger partial charge on any atom is -0.338 e. The van der Waals surface area contributed by atoms with E-state index >= 15 is 0 Å². The molecule has 0 saturated carbocycles. The number of thiazole rings is 1. The first-order valence-corrected chi connectivity index (χ1v) is 11.8. The van der Waals surface area contributed by atoms with Crippen molar-refractivity contribution in [2.24, 2.45) is 4.99 Å². The molecule has 4 nitrogen and oxygen atoms in total. The topological polar surface area (TPSA) is 40.5 Å². The van der Waals surface area contributed by atoms with Crippen LogP contribution in [0.25, 0.3) is 16.3 Å². The fraction of sp³-hybridized carbons (Fsp3) is 0.185. The summed E-state index contributed by atoms with van der Waals surface area (Å²) in [5.74, 6) is 0.746. The first kappa shape index (κ1) is 21.8. The van der Waals surface area contributed by atoms with Crippen LogP contribution in [-0.4, -0.2) is 15.7 Å². The largest absolute Gasteiger partial charge is 0.338 e. The molecule has 1 N–H and O–H groups in total. The quantitative estimate of drug-likeness (QED) is 0.444. The summed E-state index contributed by atoms with van der Waals surface area (Å²) in [7, 11) is 0. The van der Waals surface area contributed by atoms with Crippen LogP contribution in [0, 0.1) is 0 Å². The zero-order valence-corrected chi connectivity index (χ0v) is 19.6. The van der Waals surface area contributed by atoms with Crippen LogP contribution in [0.5, 0.6) is 0 Å². The Hall–Kier alpha value is -3.44. The molecule has 1 aliphatic rings. The van der Waals surface area contributed by atoms with Crippen molar-refractivity contribution in [2.75, 3.05) is 5.32 Å². The van der Waals surface area contributed by atoms with Gasteiger partial charge in [0.15, 0.2) is 5.84 Å². The van der Waals surface area contributed by atoms with E-state index in [1.165, 1.54) is 11.1 Å². The van der Waals surface area contributed by atoms with E-state index in [9.17, 15) is 0 Å². The van der Waals surface area contributed by atoms with E-state index < -0.39 is 0 Å². The van der Waals surface area contributed by atoms with Crippen molar-refractivity contribution in [3.63, 3.8) is 0 Å². The molecule has 0 aliphatic carbocycles. The molecule has 5 heteroatoms. The third-order valence-electron chi connectivity index (χ3n) is 5.48. The fourth-order valence-electron chi connectivity index (χ4n) is 3.74. The van der Waals surface area contributed by atoms with Gasteiger partial charge in [0, 0.05) is 40.8 Å². The smallest absolute Gasteiger partial charge is 0.154 e. The molecule has 4 rings (SSSR count). The van der Waals surface area contributed by atoms with Crippen molar-refractivity contribution >= 4 is 28.6 Å². The maximum absolute atomic E-state index is 4.93. The Bertz CT molecular complexity index is 1180. The average Bonchev–Trinajstić information content (AvgIpc) is 3.37. The molecular weight excluding hydrogens is 412 g/mol. The number of aromatic nitrogens is 1. The third-order valence-corrected chi connectivity index (χ3v) is 6.30. The predicted molar refractivity (Wildman–Crippen MR) is 138 cm³/mol. The molecular formula is C27H28N4S. The summed E-state index contributed by atoms with van der Waals surface area (Å²) >= 11 is 1.64. The lowest BCUT2D eigenvalue weighted by molar-refractivity contribution is 0.658. The summed E-state index contributed by atoms with van der Waals surface area (Å²) in [6.45, 7) is 10.7. The molecule has 2 aromatic carbocycles. The van der Waals surface area contributed by atoms with Crippen LogP contribution >= 0.6 is 11.3 Å². The normalized spacial score (nSPS) is 14.0. The van der Waals surface area contributed by atoms with Crippen LogP contribution < -0.4 is 5.32 Å². The summed E-state index contributed by atoms with van der Waals surface area (Å²) in [4.78, 5) is 11.3. The summed E-state index contributed by atoms with van der Waals surface area (Å²) in [5, 5.41) is 6.52. The standard InChI is InChI=1S/C27H28N4S/c1-5-15-31-18-25(22-8-10-23(11-9-22)27-28-14-16-32-27)30-26(19(31)4)29-24-13-12-20(6-2)21(7-3)17-24/h5,8-18H,4,6-7H2,1-3H3,(H,29,30)/b15-5-. The zero-order chi connectivity index (χ0) is 22.5. The number of benzene rings is 2. The van der Waals surface area contributed by atoms with Gasteiger partial charge < -0.3 is 10.2 Å². The summed E-state index contributed by atoms with van der Waals surface area (Å²) in [6.07, 6.45) is 9.89. The Morgan fingerprint density at radius 1 is 1.03 bits per heavy atom. The molecule has 162 valence electrons. The van der Waals surface area contributed by atoms with Crippen molar-refractivity contribution in [3.8, 4) is 10.6 Å². The van der Waals surface area contributed by atoms with Crippen LogP contribution in [-0.2, 0) is 12.8 Å². The number of hydrogen-bond acceptors (Lipinski definition) is 5. The van der Waals surface area contributed by atoms with Gasteiger partial charge in [0.25, 0.3) is 0 Å². The molecule has 0 fully saturated rings. The highest BCUT2D eigenvalue weighted by Crippen LogP contribution is 2.29. The molecule has 0 unspecified atom stereocenters. The second-order valence-electron chi connectivity index (χ2n) is 7.54. The number of allylic oxidation sites excluding steroid dienone is 1. The van der Waals surface area contributed by atoms with Crippen LogP contribution in [0.2, 0.25) is 0 Å². The van der Waals surface area contributed by atoms with Gasteiger partial charge in [0.1, 0.15) is 5.01 Å². The van der Waals surface area contributed by atoms with Crippen LogP contribution in [0.3, 0.4) is 0 Å². The summed E-state index contributed by atoms with van der Waals surface area (Å²) in [5.41, 5.74) is 7.62. The number of aryl methyl sites for hydroxylation is 2. The summed E-state index contributed by atoms with van der Waals surface area (Å²) in [6, 6.07) is 14.9. The summed E-state index contributed by atoms with van der Waals surface area (Å²) < 4.78 is 0. The lowest BCUT2D eigenvalue weighted by atomic mass is 10.0. The number of nitrogens with one attached hydrogen (secondary N) is 1. The van der Waals surface area contributed by atoms with E-state index in [1.54, 1.807) is 11.3 Å². The maximum atomic E-state index is 4.93. The molecule has 32 heavy (non-hydrogen) atoms. The first-order chi connectivity index (χ1) is 15.6. The van der Waals surface area contributed by atoms with E-state index in [2.05, 4.69) is 73.2 Å². The molecule has 0 spiro atoms. The molecule has 1 aromatic heterocycles. The number of amidine groups is 1. The van der Waals surface area contributed by atoms with Gasteiger partial charge in [0.2, 0.25) is 0 Å². The van der Waals surface area contributed by atoms with E-state index in [4.69, 9.17) is 4.99 Å². The third kappa shape index (κ3) is 4.58. The number of aliphatic imine (C=N–C) groups is 1. The average molecular weight is 441 g/mol. The predicted octanol–water partition coefficient (Wildman–Crippen LogP) is 7.11. The van der Waals surface area contributed by atoms with Crippen LogP contribution in [0.15, 0.2) is 89.8 Å². The SMILES string of the molecule is C=C1C(Nc2ccc(CC)c(CC)c2)=NC(c2ccc(-c3nccs3)cc2)=CN1/C=C\C. The van der Waals surface area contributed by atoms with E-state index in [-0.39, 0.29) is 0 Å². The first-order valence-electron chi connectivity index (χ1n) is 10.9. The van der Waals surface area contributed by atoms with Crippen molar-refractivity contribution in [3.05, 3.63) is 101 Å². The fourth-order valence-corrected chi connectivity index (χ4v) is 4.39. The molecule has 0 amide bonds. The second-order valence-corrected chi connectivity index (χ2v) is 8.44. The lowest BCUT2D eigenvalue weighted by Gasteiger charge is -2.26. The molecule has 1 aliphatic heterocycles. The van der Waals surface area contributed by atoms with Gasteiger partial charge in [0.05, 0.1) is 11.4 Å². The number of rotatable bonds is 6. The minimum atomic E-state index is 0.746. The Kier molecular flexibility index (Phi) is 6.66. The Balaban J connectivity index is 1.66. The number of anilines is 1. The molecule has 0 saturated heterocycles. The van der Waals surface area contributed by atoms with Gasteiger partial charge in [-0.1, -0.05) is 56.8 Å². The van der Waals surface area contributed by atoms with Crippen LogP contribution in [0.1, 0.15) is 37.5 Å². The van der Waals surface area contributed by atoms with Crippen molar-refractivity contribution in [1.82, 2.24) is 9.88 Å². The zero-order valence-electron chi connectivity index (χ0n) is 18.8. The highest BCUT2D eigenvalue weighted by molar-refractivity contribution is 7.13. The monoisotopic (exact) mass is 440 g/mol. The Morgan fingerprint density at radius 2 is 1.78 bits per heavy atom. The van der Waals surface area contributed by atoms with Crippen molar-refractivity contribution in [2.45, 2.75) is 33.6 Å². The number of nitrogens with zero attached hydrogens (tertiary/aromatic N) is 3. The van der Waals surface area contributed by atoms with Gasteiger partial charge in [-0.3, -0.25) is 0 Å². The molecule has 2 heterocycles. The van der Waals surface area contributed by atoms with Gasteiger partial charge in [-0.2, -0.15) is 0 Å².